The second-order valence-electron chi connectivity index (χ2n) is 16.5. The van der Waals surface area contributed by atoms with Crippen molar-refractivity contribution in [2.75, 3.05) is 26.2 Å². The summed E-state index contributed by atoms with van der Waals surface area (Å²) in [5.74, 6) is 0.501. The van der Waals surface area contributed by atoms with Crippen LogP contribution in [-0.2, 0) is 27.4 Å². The molecule has 4 unspecified atom stereocenters. The van der Waals surface area contributed by atoms with Crippen LogP contribution < -0.4 is 5.32 Å². The maximum Gasteiger partial charge on any atom is 0.410 e. The Morgan fingerprint density at radius 3 is 1.66 bits per heavy atom. The van der Waals surface area contributed by atoms with Gasteiger partial charge in [-0.3, -0.25) is 0 Å². The van der Waals surface area contributed by atoms with Crippen LogP contribution in [0.25, 0.3) is 21.5 Å². The fourth-order valence-electron chi connectivity index (χ4n) is 8.02. The van der Waals surface area contributed by atoms with Gasteiger partial charge < -0.3 is 24.4 Å². The maximum atomic E-state index is 12.7. The van der Waals surface area contributed by atoms with Gasteiger partial charge in [-0.1, -0.05) is 97.1 Å². The minimum Gasteiger partial charge on any atom is -0.444 e. The number of piperidine rings is 2. The van der Waals surface area contributed by atoms with Crippen LogP contribution in [-0.4, -0.2) is 55.0 Å². The number of rotatable bonds is 8. The molecule has 2 saturated heterocycles. The van der Waals surface area contributed by atoms with Crippen LogP contribution in [0.3, 0.4) is 0 Å². The van der Waals surface area contributed by atoms with Crippen molar-refractivity contribution in [3.8, 4) is 12.1 Å². The number of amides is 1. The van der Waals surface area contributed by atoms with Crippen LogP contribution in [0.4, 0.5) is 4.79 Å². The Bertz CT molecular complexity index is 2430. The molecule has 6 aromatic rings. The van der Waals surface area contributed by atoms with E-state index in [9.17, 15) is 4.79 Å². The molecule has 4 atom stereocenters. The Morgan fingerprint density at radius 1 is 0.661 bits per heavy atom. The minimum atomic E-state index is -0.539. The van der Waals surface area contributed by atoms with Crippen molar-refractivity contribution in [2.24, 2.45) is 0 Å². The van der Waals surface area contributed by atoms with Gasteiger partial charge in [0.15, 0.2) is 0 Å². The number of carbonyl (C=O) groups excluding carboxylic acids is 1. The summed E-state index contributed by atoms with van der Waals surface area (Å²) >= 11 is 0. The lowest BCUT2D eigenvalue weighted by Gasteiger charge is -2.39. The molecule has 0 bridgehead atoms. The van der Waals surface area contributed by atoms with Crippen molar-refractivity contribution in [3.63, 3.8) is 0 Å². The molecule has 8 rings (SSSR count). The molecule has 0 spiro atoms. The van der Waals surface area contributed by atoms with Gasteiger partial charge in [-0.25, -0.2) is 4.79 Å². The number of ether oxygens (including phenoxy) is 3. The summed E-state index contributed by atoms with van der Waals surface area (Å²) in [6, 6.07) is 49.5. The molecule has 1 N–H and O–H groups in total. The van der Waals surface area contributed by atoms with E-state index in [0.717, 1.165) is 37.1 Å². The first-order valence-electron chi connectivity index (χ1n) is 20.5. The second-order valence-corrected chi connectivity index (χ2v) is 16.5. The van der Waals surface area contributed by atoms with Gasteiger partial charge in [0, 0.05) is 24.9 Å². The molecule has 2 fully saturated rings. The summed E-state index contributed by atoms with van der Waals surface area (Å²) in [7, 11) is 0. The highest BCUT2D eigenvalue weighted by Crippen LogP contribution is 2.33. The van der Waals surface area contributed by atoms with Crippen LogP contribution in [0.15, 0.2) is 133 Å². The molecule has 0 aliphatic carbocycles. The largest absolute Gasteiger partial charge is 0.444 e. The molecule has 6 aromatic carbocycles. The zero-order chi connectivity index (χ0) is 41.2. The summed E-state index contributed by atoms with van der Waals surface area (Å²) in [4.78, 5) is 14.5. The molecule has 2 heterocycles. The third-order valence-electron chi connectivity index (χ3n) is 11.1. The number of benzene rings is 6. The van der Waals surface area contributed by atoms with Crippen LogP contribution in [0.2, 0.25) is 0 Å². The molecule has 0 saturated carbocycles. The number of nitrogens with one attached hydrogen (secondary N) is 1. The van der Waals surface area contributed by atoms with Crippen molar-refractivity contribution in [2.45, 2.75) is 76.5 Å². The Kier molecular flexibility index (Phi) is 13.4. The topological polar surface area (TPSA) is 108 Å². The van der Waals surface area contributed by atoms with Crippen molar-refractivity contribution in [1.29, 1.82) is 10.5 Å². The van der Waals surface area contributed by atoms with Crippen LogP contribution >= 0.6 is 0 Å². The maximum absolute atomic E-state index is 12.7. The van der Waals surface area contributed by atoms with Crippen LogP contribution in [0.1, 0.15) is 78.8 Å². The molecule has 0 radical (unpaired) electrons. The smallest absolute Gasteiger partial charge is 0.410 e. The summed E-state index contributed by atoms with van der Waals surface area (Å²) in [5, 5.41) is 26.5. The van der Waals surface area contributed by atoms with Gasteiger partial charge in [-0.15, -0.1) is 0 Å². The molecular weight excluding hydrogens is 733 g/mol. The molecule has 1 amide bonds. The first-order valence-corrected chi connectivity index (χ1v) is 20.5. The fraction of sp³-hybridized carbons (Fsp3) is 0.314. The number of hydrogen-bond acceptors (Lipinski definition) is 7. The van der Waals surface area contributed by atoms with Gasteiger partial charge in [0.1, 0.15) is 5.60 Å². The average Bonchev–Trinajstić information content (AvgIpc) is 3.27. The molecular formula is C51H52N4O4. The van der Waals surface area contributed by atoms with E-state index in [1.54, 1.807) is 4.90 Å². The van der Waals surface area contributed by atoms with Crippen LogP contribution in [0.5, 0.6) is 0 Å². The van der Waals surface area contributed by atoms with E-state index in [-0.39, 0.29) is 24.2 Å². The highest BCUT2D eigenvalue weighted by molar-refractivity contribution is 5.83. The van der Waals surface area contributed by atoms with Crippen molar-refractivity contribution < 1.29 is 19.0 Å². The zero-order valence-corrected chi connectivity index (χ0v) is 34.1. The van der Waals surface area contributed by atoms with E-state index in [4.69, 9.17) is 24.7 Å². The Labute approximate surface area is 347 Å². The zero-order valence-electron chi connectivity index (χ0n) is 34.1. The quantitative estimate of drug-likeness (QED) is 0.164. The van der Waals surface area contributed by atoms with E-state index in [1.165, 1.54) is 32.7 Å². The second kappa shape index (κ2) is 19.1. The van der Waals surface area contributed by atoms with Gasteiger partial charge >= 0.3 is 6.09 Å². The Morgan fingerprint density at radius 2 is 1.15 bits per heavy atom. The van der Waals surface area contributed by atoms with Gasteiger partial charge in [0.2, 0.25) is 0 Å². The van der Waals surface area contributed by atoms with Gasteiger partial charge in [-0.05, 0) is 120 Å². The number of carbonyl (C=O) groups is 1. The highest BCUT2D eigenvalue weighted by Gasteiger charge is 2.35. The molecule has 300 valence electrons. The predicted molar refractivity (Wildman–Crippen MR) is 233 cm³/mol. The van der Waals surface area contributed by atoms with E-state index in [1.807, 2.05) is 69.3 Å². The molecule has 2 aliphatic heterocycles. The third-order valence-corrected chi connectivity index (χ3v) is 11.1. The number of hydrogen-bond donors (Lipinski definition) is 1. The number of nitrogens with zero attached hydrogens (tertiary/aromatic N) is 3. The molecule has 8 nitrogen and oxygen atoms in total. The molecule has 2 aliphatic rings. The van der Waals surface area contributed by atoms with Crippen LogP contribution in [0, 0.1) is 22.7 Å². The predicted octanol–water partition coefficient (Wildman–Crippen LogP) is 10.4. The Balaban J connectivity index is 0.000000184. The lowest BCUT2D eigenvalue weighted by molar-refractivity contribution is -0.0359. The standard InChI is InChI=1S/C28H30N2O3.C23H22N2O/c1-28(2,3)33-27(31)30-15-14-25(23-12-8-20(17-29)9-13-23)26(18-30)32-19-21-10-11-22-6-4-5-7-24(22)16-21;24-14-17-5-9-20(10-6-17)22-11-12-25-15-23(22)26-16-18-7-8-19-3-1-2-4-21(19)13-18/h4-13,16,25-26H,14-15,18-19H2,1-3H3;1-10,13,22-23,25H,11-12,15-16H2. The molecule has 8 heteroatoms. The van der Waals surface area contributed by atoms with E-state index < -0.39 is 5.60 Å². The summed E-state index contributed by atoms with van der Waals surface area (Å²) in [6.45, 7) is 9.64. The number of likely N-dealkylation sites (tertiary alicyclic amines) is 1. The normalized spacial score (nSPS) is 19.2. The SMILES string of the molecule is CC(C)(C)OC(=O)N1CCC(c2ccc(C#N)cc2)C(OCc2ccc3ccccc3c2)C1.N#Cc1ccc(C2CCNCC2OCc2ccc3ccccc3c2)cc1. The Hall–Kier alpha value is -6.03. The van der Waals surface area contributed by atoms with Gasteiger partial charge in [0.05, 0.1) is 55.2 Å². The summed E-state index contributed by atoms with van der Waals surface area (Å²) in [5.41, 5.74) is 5.49. The fourth-order valence-corrected chi connectivity index (χ4v) is 8.02. The number of nitriles is 2. The van der Waals surface area contributed by atoms with E-state index in [2.05, 4.69) is 102 Å². The number of fused-ring (bicyclic) bond motifs is 2. The summed E-state index contributed by atoms with van der Waals surface area (Å²) in [6.07, 6.45) is 1.48. The first-order chi connectivity index (χ1) is 28.7. The van der Waals surface area contributed by atoms with Gasteiger partial charge in [0.25, 0.3) is 0 Å². The third kappa shape index (κ3) is 10.9. The highest BCUT2D eigenvalue weighted by atomic mass is 16.6. The van der Waals surface area contributed by atoms with Gasteiger partial charge in [-0.2, -0.15) is 10.5 Å². The minimum absolute atomic E-state index is 0.136. The lowest BCUT2D eigenvalue weighted by atomic mass is 9.86. The molecule has 0 aromatic heterocycles. The van der Waals surface area contributed by atoms with E-state index in [0.29, 0.717) is 43.3 Å². The van der Waals surface area contributed by atoms with Crippen molar-refractivity contribution in [3.05, 3.63) is 167 Å². The monoisotopic (exact) mass is 784 g/mol. The lowest BCUT2D eigenvalue weighted by Crippen LogP contribution is -2.48. The van der Waals surface area contributed by atoms with E-state index >= 15 is 0 Å². The summed E-state index contributed by atoms with van der Waals surface area (Å²) < 4.78 is 18.4. The molecule has 59 heavy (non-hydrogen) atoms. The van der Waals surface area contributed by atoms with Crippen molar-refractivity contribution >= 4 is 27.6 Å². The first kappa shape index (κ1) is 41.1. The average molecular weight is 785 g/mol. The van der Waals surface area contributed by atoms with Crippen molar-refractivity contribution in [1.82, 2.24) is 10.2 Å².